The van der Waals surface area contributed by atoms with Gasteiger partial charge in [-0.05, 0) is 30.4 Å². The molecule has 0 saturated heterocycles. The molecule has 0 heterocycles. The normalized spacial score (nSPS) is 35.5. The lowest BCUT2D eigenvalue weighted by Gasteiger charge is -2.39. The van der Waals surface area contributed by atoms with Crippen molar-refractivity contribution in [1.29, 1.82) is 0 Å². The van der Waals surface area contributed by atoms with Crippen molar-refractivity contribution in [1.82, 2.24) is 5.43 Å². The monoisotopic (exact) mass is 364 g/mol. The van der Waals surface area contributed by atoms with Crippen molar-refractivity contribution >= 4 is 33.3 Å². The van der Waals surface area contributed by atoms with Gasteiger partial charge in [-0.1, -0.05) is 54.9 Å². The van der Waals surface area contributed by atoms with Crippen molar-refractivity contribution in [2.24, 2.45) is 16.2 Å². The molecule has 2 fully saturated rings. The van der Waals surface area contributed by atoms with E-state index in [2.05, 4.69) is 26.8 Å². The third kappa shape index (κ3) is 1.69. The number of Topliss-reactive ketones (excluding diaryl/α,β-unsaturated/α-hetero) is 1. The maximum absolute atomic E-state index is 13.0. The highest BCUT2D eigenvalue weighted by Gasteiger charge is 2.76. The van der Waals surface area contributed by atoms with E-state index < -0.39 is 15.7 Å². The van der Waals surface area contributed by atoms with Gasteiger partial charge in [-0.25, -0.2) is 0 Å². The number of benzene rings is 1. The Morgan fingerprint density at radius 1 is 1.18 bits per heavy atom. The summed E-state index contributed by atoms with van der Waals surface area (Å²) in [6, 6.07) is 9.48. The number of carbonyl (C=O) groups excluding carboxylic acids is 2. The molecule has 1 aromatic rings. The Morgan fingerprint density at radius 3 is 2.36 bits per heavy atom. The maximum Gasteiger partial charge on any atom is 0.246 e. The summed E-state index contributed by atoms with van der Waals surface area (Å²) < 4.78 is 0. The van der Waals surface area contributed by atoms with Crippen LogP contribution in [0.25, 0.3) is 0 Å². The zero-order valence-corrected chi connectivity index (χ0v) is 14.7. The predicted molar refractivity (Wildman–Crippen MR) is 89.5 cm³/mol. The first-order chi connectivity index (χ1) is 10.3. The molecule has 0 unspecified atom stereocenters. The van der Waals surface area contributed by atoms with E-state index >= 15 is 0 Å². The van der Waals surface area contributed by atoms with Gasteiger partial charge in [0.1, 0.15) is 0 Å². The van der Waals surface area contributed by atoms with Crippen LogP contribution in [0, 0.1) is 16.2 Å². The van der Waals surface area contributed by atoms with Gasteiger partial charge in [0, 0.05) is 5.41 Å². The molecule has 3 atom stereocenters. The predicted octanol–water partition coefficient (Wildman–Crippen LogP) is 3.29. The van der Waals surface area contributed by atoms with E-state index in [1.165, 1.54) is 0 Å². The van der Waals surface area contributed by atoms with Crippen molar-refractivity contribution in [2.45, 2.75) is 38.4 Å². The molecular weight excluding hydrogens is 344 g/mol. The van der Waals surface area contributed by atoms with Crippen LogP contribution < -0.4 is 10.9 Å². The fourth-order valence-corrected chi connectivity index (χ4v) is 5.73. The molecule has 22 heavy (non-hydrogen) atoms. The van der Waals surface area contributed by atoms with Crippen LogP contribution in [0.4, 0.5) is 5.69 Å². The Balaban J connectivity index is 1.87. The van der Waals surface area contributed by atoms with Crippen molar-refractivity contribution in [3.8, 4) is 0 Å². The molecule has 0 aliphatic heterocycles. The average Bonchev–Trinajstić information content (AvgIpc) is 2.78. The number of hydrogen-bond acceptors (Lipinski definition) is 3. The molecular formula is C17H21BrN2O2. The Bertz CT molecular complexity index is 631. The molecule has 2 aliphatic rings. The second kappa shape index (κ2) is 4.82. The zero-order valence-electron chi connectivity index (χ0n) is 13.1. The van der Waals surface area contributed by atoms with Crippen LogP contribution in [0.1, 0.15) is 33.6 Å². The number of amides is 1. The second-order valence-corrected chi connectivity index (χ2v) is 8.02. The molecule has 1 amide bonds. The van der Waals surface area contributed by atoms with E-state index in [0.29, 0.717) is 0 Å². The summed E-state index contributed by atoms with van der Waals surface area (Å²) in [4.78, 5) is 25.2. The van der Waals surface area contributed by atoms with Crippen LogP contribution >= 0.6 is 15.9 Å². The SMILES string of the molecule is CC1(C)[C@@]2(C)CC[C@@]1(C(=O)NNc1ccccc1)[C@H](Br)C2=O. The number of rotatable bonds is 3. The molecule has 2 aliphatic carbocycles. The Morgan fingerprint density at radius 2 is 1.82 bits per heavy atom. The van der Waals surface area contributed by atoms with Gasteiger partial charge in [0.15, 0.2) is 5.78 Å². The highest BCUT2D eigenvalue weighted by Crippen LogP contribution is 2.72. The minimum atomic E-state index is -0.708. The minimum Gasteiger partial charge on any atom is -0.299 e. The van der Waals surface area contributed by atoms with Crippen molar-refractivity contribution in [3.63, 3.8) is 0 Å². The summed E-state index contributed by atoms with van der Waals surface area (Å²) in [5.41, 5.74) is 5.06. The third-order valence-electron chi connectivity index (χ3n) is 6.22. The van der Waals surface area contributed by atoms with Gasteiger partial charge in [0.05, 0.1) is 15.9 Å². The van der Waals surface area contributed by atoms with Gasteiger partial charge in [0.25, 0.3) is 0 Å². The standard InChI is InChI=1S/C17H21BrN2O2/c1-15(2)16(3)9-10-17(15,12(18)13(16)21)14(22)20-19-11-7-5-4-6-8-11/h4-8,12,19H,9-10H2,1-3H3,(H,20,22)/t12-,16+,17+/m1/s1. The number of halogens is 1. The van der Waals surface area contributed by atoms with Gasteiger partial charge in [-0.2, -0.15) is 0 Å². The second-order valence-electron chi connectivity index (χ2n) is 7.10. The van der Waals surface area contributed by atoms with Crippen LogP contribution in [-0.2, 0) is 9.59 Å². The molecule has 118 valence electrons. The van der Waals surface area contributed by atoms with E-state index in [4.69, 9.17) is 0 Å². The van der Waals surface area contributed by atoms with Crippen molar-refractivity contribution in [2.75, 3.05) is 5.43 Å². The summed E-state index contributed by atoms with van der Waals surface area (Å²) in [5.74, 6) is 0.0383. The number of hydrazine groups is 1. The zero-order chi connectivity index (χ0) is 16.2. The van der Waals surface area contributed by atoms with Crippen molar-refractivity contribution in [3.05, 3.63) is 30.3 Å². The van der Waals surface area contributed by atoms with E-state index in [0.717, 1.165) is 18.5 Å². The van der Waals surface area contributed by atoms with E-state index in [-0.39, 0.29) is 17.1 Å². The fourth-order valence-electron chi connectivity index (χ4n) is 4.22. The molecule has 1 aromatic carbocycles. The third-order valence-corrected chi connectivity index (χ3v) is 7.42. The molecule has 2 saturated carbocycles. The Hall–Kier alpha value is -1.36. The molecule has 2 N–H and O–H groups in total. The number of hydrogen-bond donors (Lipinski definition) is 2. The Kier molecular flexibility index (Phi) is 3.40. The number of anilines is 1. The summed E-state index contributed by atoms with van der Waals surface area (Å²) in [6.07, 6.45) is 1.49. The summed E-state index contributed by atoms with van der Waals surface area (Å²) in [5, 5.41) is 0. The number of nitrogens with one attached hydrogen (secondary N) is 2. The fraction of sp³-hybridized carbons (Fsp3) is 0.529. The quantitative estimate of drug-likeness (QED) is 0.638. The smallest absolute Gasteiger partial charge is 0.246 e. The van der Waals surface area contributed by atoms with Crippen molar-refractivity contribution < 1.29 is 9.59 Å². The number of fused-ring (bicyclic) bond motifs is 2. The van der Waals surface area contributed by atoms with E-state index in [1.54, 1.807) is 0 Å². The van der Waals surface area contributed by atoms with Crippen LogP contribution in [0.2, 0.25) is 0 Å². The molecule has 4 nitrogen and oxygen atoms in total. The summed E-state index contributed by atoms with van der Waals surface area (Å²) in [6.45, 7) is 6.08. The number of carbonyl (C=O) groups is 2. The van der Waals surface area contributed by atoms with Crippen LogP contribution in [0.5, 0.6) is 0 Å². The first-order valence-electron chi connectivity index (χ1n) is 7.57. The van der Waals surface area contributed by atoms with Crippen LogP contribution in [-0.4, -0.2) is 16.5 Å². The highest BCUT2D eigenvalue weighted by molar-refractivity contribution is 9.10. The molecule has 0 spiro atoms. The van der Waals surface area contributed by atoms with Crippen LogP contribution in [0.3, 0.4) is 0 Å². The molecule has 2 bridgehead atoms. The molecule has 0 radical (unpaired) electrons. The summed E-state index contributed by atoms with van der Waals surface area (Å²) in [7, 11) is 0. The van der Waals surface area contributed by atoms with Gasteiger partial charge >= 0.3 is 0 Å². The highest BCUT2D eigenvalue weighted by atomic mass is 79.9. The first-order valence-corrected chi connectivity index (χ1v) is 8.49. The largest absolute Gasteiger partial charge is 0.299 e. The van der Waals surface area contributed by atoms with Gasteiger partial charge in [-0.3, -0.25) is 20.4 Å². The molecule has 5 heteroatoms. The maximum atomic E-state index is 13.0. The minimum absolute atomic E-state index is 0.113. The number of para-hydroxylation sites is 1. The van der Waals surface area contributed by atoms with Crippen LogP contribution in [0.15, 0.2) is 30.3 Å². The summed E-state index contributed by atoms with van der Waals surface area (Å²) >= 11 is 3.52. The lowest BCUT2D eigenvalue weighted by atomic mass is 9.64. The number of ketones is 1. The van der Waals surface area contributed by atoms with Gasteiger partial charge in [-0.15, -0.1) is 0 Å². The van der Waals surface area contributed by atoms with Gasteiger partial charge < -0.3 is 0 Å². The average molecular weight is 365 g/mol. The molecule has 0 aromatic heterocycles. The first kappa shape index (κ1) is 15.5. The Labute approximate surface area is 139 Å². The van der Waals surface area contributed by atoms with Gasteiger partial charge in [0.2, 0.25) is 5.91 Å². The topological polar surface area (TPSA) is 58.2 Å². The van der Waals surface area contributed by atoms with E-state index in [9.17, 15) is 9.59 Å². The lowest BCUT2D eigenvalue weighted by Crippen LogP contribution is -2.52. The van der Waals surface area contributed by atoms with E-state index in [1.807, 2.05) is 51.1 Å². The number of alkyl halides is 1. The molecule has 3 rings (SSSR count). The lowest BCUT2D eigenvalue weighted by molar-refractivity contribution is -0.135.